The Morgan fingerprint density at radius 3 is 2.52 bits per heavy atom. The van der Waals surface area contributed by atoms with Gasteiger partial charge in [-0.25, -0.2) is 4.79 Å². The maximum atomic E-state index is 10.9. The Labute approximate surface area is 126 Å². The quantitative estimate of drug-likeness (QED) is 0.741. The number of hydrogen-bond donors (Lipinski definition) is 1. The number of aromatic carboxylic acids is 1. The van der Waals surface area contributed by atoms with E-state index in [4.69, 9.17) is 21.4 Å². The number of halogens is 1. The summed E-state index contributed by atoms with van der Waals surface area (Å²) in [6.45, 7) is 0. The van der Waals surface area contributed by atoms with Crippen LogP contribution in [0, 0.1) is 0 Å². The second-order valence-electron chi connectivity index (χ2n) is 4.53. The molecular formula is C17H11ClO3. The van der Waals surface area contributed by atoms with Gasteiger partial charge in [0.25, 0.3) is 0 Å². The minimum atomic E-state index is -1.06. The van der Waals surface area contributed by atoms with Crippen LogP contribution in [0.15, 0.2) is 60.7 Å². The van der Waals surface area contributed by atoms with E-state index in [9.17, 15) is 4.79 Å². The predicted molar refractivity (Wildman–Crippen MR) is 82.4 cm³/mol. The van der Waals surface area contributed by atoms with Crippen LogP contribution in [0.25, 0.3) is 10.8 Å². The van der Waals surface area contributed by atoms with Gasteiger partial charge in [0.1, 0.15) is 11.5 Å². The van der Waals surface area contributed by atoms with E-state index in [0.717, 1.165) is 10.8 Å². The van der Waals surface area contributed by atoms with Gasteiger partial charge in [0.15, 0.2) is 0 Å². The van der Waals surface area contributed by atoms with Gasteiger partial charge in [0, 0.05) is 11.5 Å². The molecule has 0 heterocycles. The van der Waals surface area contributed by atoms with Crippen LogP contribution < -0.4 is 4.74 Å². The Bertz CT molecular complexity index is 822. The maximum Gasteiger partial charge on any atom is 0.337 e. The van der Waals surface area contributed by atoms with Crippen LogP contribution >= 0.6 is 11.6 Å². The Morgan fingerprint density at radius 2 is 1.76 bits per heavy atom. The molecule has 0 aromatic heterocycles. The summed E-state index contributed by atoms with van der Waals surface area (Å²) in [5, 5.41) is 11.2. The van der Waals surface area contributed by atoms with E-state index in [2.05, 4.69) is 0 Å². The number of ether oxygens (including phenoxy) is 1. The molecule has 0 saturated carbocycles. The molecule has 0 aliphatic heterocycles. The normalized spacial score (nSPS) is 10.5. The molecule has 21 heavy (non-hydrogen) atoms. The first-order valence-corrected chi connectivity index (χ1v) is 6.71. The van der Waals surface area contributed by atoms with Crippen LogP contribution in [0.3, 0.4) is 0 Å². The zero-order valence-electron chi connectivity index (χ0n) is 10.9. The molecule has 4 heteroatoms. The smallest absolute Gasteiger partial charge is 0.337 e. The molecule has 0 amide bonds. The lowest BCUT2D eigenvalue weighted by Gasteiger charge is -2.10. The highest BCUT2D eigenvalue weighted by molar-refractivity contribution is 6.33. The summed E-state index contributed by atoms with van der Waals surface area (Å²) in [5.74, 6) is 0.144. The lowest BCUT2D eigenvalue weighted by Crippen LogP contribution is -1.97. The minimum absolute atomic E-state index is 0.0573. The van der Waals surface area contributed by atoms with Crippen molar-refractivity contribution in [2.75, 3.05) is 0 Å². The Hall–Kier alpha value is -2.52. The molecule has 0 bridgehead atoms. The van der Waals surface area contributed by atoms with Crippen molar-refractivity contribution in [3.63, 3.8) is 0 Å². The molecular weight excluding hydrogens is 288 g/mol. The summed E-state index contributed by atoms with van der Waals surface area (Å²) in [5.41, 5.74) is 0.0573. The van der Waals surface area contributed by atoms with Gasteiger partial charge >= 0.3 is 5.97 Å². The number of rotatable bonds is 3. The fourth-order valence-corrected chi connectivity index (χ4v) is 2.40. The van der Waals surface area contributed by atoms with Gasteiger partial charge in [-0.2, -0.15) is 0 Å². The van der Waals surface area contributed by atoms with Crippen LogP contribution in [0.2, 0.25) is 5.02 Å². The summed E-state index contributed by atoms with van der Waals surface area (Å²) in [6.07, 6.45) is 0. The van der Waals surface area contributed by atoms with E-state index in [1.165, 1.54) is 12.1 Å². The molecule has 0 radical (unpaired) electrons. The predicted octanol–water partition coefficient (Wildman–Crippen LogP) is 4.98. The minimum Gasteiger partial charge on any atom is -0.478 e. The van der Waals surface area contributed by atoms with Crippen molar-refractivity contribution in [1.29, 1.82) is 0 Å². The van der Waals surface area contributed by atoms with Crippen molar-refractivity contribution in [1.82, 2.24) is 0 Å². The second-order valence-corrected chi connectivity index (χ2v) is 4.93. The molecule has 0 aliphatic rings. The molecule has 0 aliphatic carbocycles. The van der Waals surface area contributed by atoms with Gasteiger partial charge in [0.05, 0.1) is 10.6 Å². The van der Waals surface area contributed by atoms with Crippen LogP contribution in [0.5, 0.6) is 11.5 Å². The number of hydrogen-bond acceptors (Lipinski definition) is 2. The third-order valence-corrected chi connectivity index (χ3v) is 3.46. The van der Waals surface area contributed by atoms with E-state index >= 15 is 0 Å². The van der Waals surface area contributed by atoms with Crippen molar-refractivity contribution < 1.29 is 14.6 Å². The largest absolute Gasteiger partial charge is 0.478 e. The molecule has 104 valence electrons. The molecule has 0 spiro atoms. The molecule has 0 unspecified atom stereocenters. The van der Waals surface area contributed by atoms with E-state index in [1.807, 2.05) is 42.5 Å². The SMILES string of the molecule is O=C(O)c1ccc(Oc2cccc3ccccc23)cc1Cl. The summed E-state index contributed by atoms with van der Waals surface area (Å²) < 4.78 is 5.83. The van der Waals surface area contributed by atoms with Gasteiger partial charge in [-0.05, 0) is 23.6 Å². The number of benzene rings is 3. The highest BCUT2D eigenvalue weighted by Crippen LogP contribution is 2.31. The van der Waals surface area contributed by atoms with E-state index < -0.39 is 5.97 Å². The lowest BCUT2D eigenvalue weighted by molar-refractivity contribution is 0.0697. The summed E-state index contributed by atoms with van der Waals surface area (Å²) in [7, 11) is 0. The van der Waals surface area contributed by atoms with Crippen LogP contribution in [0.4, 0.5) is 0 Å². The average molecular weight is 299 g/mol. The van der Waals surface area contributed by atoms with Crippen LogP contribution in [-0.2, 0) is 0 Å². The van der Waals surface area contributed by atoms with Gasteiger partial charge < -0.3 is 9.84 Å². The Kier molecular flexibility index (Phi) is 3.50. The van der Waals surface area contributed by atoms with Crippen molar-refractivity contribution in [3.05, 3.63) is 71.2 Å². The molecule has 0 atom stereocenters. The molecule has 0 fully saturated rings. The van der Waals surface area contributed by atoms with Crippen molar-refractivity contribution in [2.45, 2.75) is 0 Å². The standard InChI is InChI=1S/C17H11ClO3/c18-15-10-12(8-9-14(15)17(19)20)21-16-7-3-5-11-4-1-2-6-13(11)16/h1-10H,(H,19,20). The van der Waals surface area contributed by atoms with Gasteiger partial charge in [-0.15, -0.1) is 0 Å². The Morgan fingerprint density at radius 1 is 1.00 bits per heavy atom. The topological polar surface area (TPSA) is 46.5 Å². The fraction of sp³-hybridized carbons (Fsp3) is 0. The van der Waals surface area contributed by atoms with Gasteiger partial charge in [-0.1, -0.05) is 48.0 Å². The third-order valence-electron chi connectivity index (χ3n) is 3.15. The van der Waals surface area contributed by atoms with E-state index in [-0.39, 0.29) is 10.6 Å². The zero-order chi connectivity index (χ0) is 14.8. The number of carbonyl (C=O) groups is 1. The van der Waals surface area contributed by atoms with Crippen molar-refractivity contribution >= 4 is 28.3 Å². The maximum absolute atomic E-state index is 10.9. The molecule has 3 rings (SSSR count). The second kappa shape index (κ2) is 5.46. The van der Waals surface area contributed by atoms with E-state index in [1.54, 1.807) is 6.07 Å². The monoisotopic (exact) mass is 298 g/mol. The first kappa shape index (κ1) is 13.5. The van der Waals surface area contributed by atoms with Crippen LogP contribution in [-0.4, -0.2) is 11.1 Å². The van der Waals surface area contributed by atoms with Crippen LogP contribution in [0.1, 0.15) is 10.4 Å². The lowest BCUT2D eigenvalue weighted by atomic mass is 10.1. The van der Waals surface area contributed by atoms with Gasteiger partial charge in [0.2, 0.25) is 0 Å². The van der Waals surface area contributed by atoms with Crippen molar-refractivity contribution in [2.24, 2.45) is 0 Å². The van der Waals surface area contributed by atoms with E-state index in [0.29, 0.717) is 11.5 Å². The highest BCUT2D eigenvalue weighted by atomic mass is 35.5. The summed E-state index contributed by atoms with van der Waals surface area (Å²) in [4.78, 5) is 10.9. The number of carboxylic acid groups (broad SMARTS) is 1. The zero-order valence-corrected chi connectivity index (χ0v) is 11.7. The fourth-order valence-electron chi connectivity index (χ4n) is 2.14. The highest BCUT2D eigenvalue weighted by Gasteiger charge is 2.10. The molecule has 3 aromatic rings. The first-order valence-electron chi connectivity index (χ1n) is 6.33. The molecule has 3 nitrogen and oxygen atoms in total. The molecule has 1 N–H and O–H groups in total. The third kappa shape index (κ3) is 2.69. The number of fused-ring (bicyclic) bond motifs is 1. The summed E-state index contributed by atoms with van der Waals surface area (Å²) in [6, 6.07) is 18.2. The molecule has 3 aromatic carbocycles. The molecule has 0 saturated heterocycles. The first-order chi connectivity index (χ1) is 10.1. The average Bonchev–Trinajstić information content (AvgIpc) is 2.47. The Balaban J connectivity index is 1.99. The van der Waals surface area contributed by atoms with Crippen molar-refractivity contribution in [3.8, 4) is 11.5 Å². The number of carboxylic acids is 1. The van der Waals surface area contributed by atoms with Gasteiger partial charge in [-0.3, -0.25) is 0 Å². The summed E-state index contributed by atoms with van der Waals surface area (Å²) >= 11 is 5.95.